The molecule has 1 heterocycles. The van der Waals surface area contributed by atoms with Crippen LogP contribution in [0, 0.1) is 6.92 Å². The summed E-state index contributed by atoms with van der Waals surface area (Å²) in [5.74, 6) is -0.480. The first kappa shape index (κ1) is 13.3. The number of aryl methyl sites for hydroxylation is 1. The molecule has 0 aromatic carbocycles. The monoisotopic (exact) mass is 250 g/mol. The van der Waals surface area contributed by atoms with Gasteiger partial charge in [0.25, 0.3) is 5.91 Å². The van der Waals surface area contributed by atoms with Crippen LogP contribution in [0.1, 0.15) is 28.9 Å². The third kappa shape index (κ3) is 3.97. The highest BCUT2D eigenvalue weighted by molar-refractivity contribution is 5.99. The van der Waals surface area contributed by atoms with Crippen LogP contribution in [0.25, 0.3) is 0 Å². The first-order valence-corrected chi connectivity index (χ1v) is 4.96. The van der Waals surface area contributed by atoms with Gasteiger partial charge in [0.2, 0.25) is 0 Å². The zero-order valence-electron chi connectivity index (χ0n) is 9.19. The molecule has 0 radical (unpaired) electrons. The summed E-state index contributed by atoms with van der Waals surface area (Å²) in [5.41, 5.74) is 6.09. The molecule has 0 atom stereocenters. The third-order valence-corrected chi connectivity index (χ3v) is 2.12. The van der Waals surface area contributed by atoms with Gasteiger partial charge in [0, 0.05) is 18.7 Å². The molecular weight excluding hydrogens is 237 g/mol. The van der Waals surface area contributed by atoms with Crippen molar-refractivity contribution >= 4 is 11.7 Å². The number of rotatable bonds is 4. The second-order valence-electron chi connectivity index (χ2n) is 3.58. The van der Waals surface area contributed by atoms with Crippen molar-refractivity contribution in [3.05, 3.63) is 11.3 Å². The number of halogens is 3. The van der Waals surface area contributed by atoms with Crippen LogP contribution in [0.2, 0.25) is 0 Å². The molecule has 0 unspecified atom stereocenters. The fourth-order valence-electron chi connectivity index (χ4n) is 1.31. The highest BCUT2D eigenvalue weighted by Gasteiger charge is 2.26. The van der Waals surface area contributed by atoms with Gasteiger partial charge in [-0.1, -0.05) is 0 Å². The number of nitrogens with zero attached hydrogens (tertiary/aromatic N) is 1. The quantitative estimate of drug-likeness (QED) is 0.706. The molecule has 1 rings (SSSR count). The minimum atomic E-state index is -4.20. The van der Waals surface area contributed by atoms with Crippen molar-refractivity contribution in [1.82, 2.24) is 15.5 Å². The average molecular weight is 250 g/mol. The van der Waals surface area contributed by atoms with Crippen molar-refractivity contribution in [2.24, 2.45) is 0 Å². The van der Waals surface area contributed by atoms with E-state index < -0.39 is 18.5 Å². The normalized spacial score (nSPS) is 11.5. The lowest BCUT2D eigenvalue weighted by molar-refractivity contribution is -0.135. The fourth-order valence-corrected chi connectivity index (χ4v) is 1.31. The fraction of sp³-hybridized carbons (Fsp3) is 0.556. The van der Waals surface area contributed by atoms with E-state index in [1.807, 2.05) is 0 Å². The minimum absolute atomic E-state index is 0.0378. The van der Waals surface area contributed by atoms with E-state index in [1.54, 1.807) is 6.92 Å². The highest BCUT2D eigenvalue weighted by atomic mass is 19.4. The van der Waals surface area contributed by atoms with Crippen molar-refractivity contribution < 1.29 is 18.0 Å². The molecule has 1 aromatic heterocycles. The Balaban J connectivity index is 2.41. The van der Waals surface area contributed by atoms with Crippen molar-refractivity contribution in [2.45, 2.75) is 25.9 Å². The highest BCUT2D eigenvalue weighted by Crippen LogP contribution is 2.20. The van der Waals surface area contributed by atoms with Gasteiger partial charge >= 0.3 is 6.18 Å². The second-order valence-corrected chi connectivity index (χ2v) is 3.58. The van der Waals surface area contributed by atoms with E-state index in [0.29, 0.717) is 5.69 Å². The Morgan fingerprint density at radius 2 is 2.18 bits per heavy atom. The van der Waals surface area contributed by atoms with Crippen LogP contribution >= 0.6 is 0 Å². The minimum Gasteiger partial charge on any atom is -0.382 e. The van der Waals surface area contributed by atoms with Gasteiger partial charge in [0.1, 0.15) is 5.56 Å². The van der Waals surface area contributed by atoms with Crippen LogP contribution in [-0.4, -0.2) is 28.8 Å². The second kappa shape index (κ2) is 5.07. The Morgan fingerprint density at radius 1 is 1.53 bits per heavy atom. The van der Waals surface area contributed by atoms with Gasteiger partial charge in [-0.15, -0.1) is 0 Å². The van der Waals surface area contributed by atoms with Crippen molar-refractivity contribution in [1.29, 1.82) is 0 Å². The van der Waals surface area contributed by atoms with Crippen LogP contribution in [0.5, 0.6) is 0 Å². The lowest BCUT2D eigenvalue weighted by Gasteiger charge is -2.07. The number of amides is 1. The number of nitrogens with two attached hydrogens (primary N) is 1. The van der Waals surface area contributed by atoms with Crippen molar-refractivity contribution in [2.75, 3.05) is 12.3 Å². The zero-order chi connectivity index (χ0) is 13.1. The van der Waals surface area contributed by atoms with E-state index in [1.165, 1.54) is 0 Å². The Labute approximate surface area is 95.6 Å². The van der Waals surface area contributed by atoms with Gasteiger partial charge in [-0.05, 0) is 13.3 Å². The molecule has 1 amide bonds. The maximum absolute atomic E-state index is 11.8. The molecule has 8 heteroatoms. The van der Waals surface area contributed by atoms with E-state index in [-0.39, 0.29) is 24.3 Å². The Bertz CT molecular complexity index is 380. The standard InChI is InChI=1S/C9H13F3N4O/c1-5-6(7(13)16-15-5)8(17)14-4-2-3-9(10,11)12/h2-4H2,1H3,(H,14,17)(H3,13,15,16). The molecule has 5 nitrogen and oxygen atoms in total. The lowest BCUT2D eigenvalue weighted by Crippen LogP contribution is -2.26. The molecule has 0 saturated carbocycles. The van der Waals surface area contributed by atoms with Crippen LogP contribution in [0.4, 0.5) is 19.0 Å². The summed E-state index contributed by atoms with van der Waals surface area (Å²) < 4.78 is 35.5. The lowest BCUT2D eigenvalue weighted by atomic mass is 10.2. The van der Waals surface area contributed by atoms with Gasteiger partial charge < -0.3 is 11.1 Å². The van der Waals surface area contributed by atoms with Crippen molar-refractivity contribution in [3.63, 3.8) is 0 Å². The number of carbonyl (C=O) groups is 1. The number of nitrogens with one attached hydrogen (secondary N) is 2. The molecule has 96 valence electrons. The first-order valence-electron chi connectivity index (χ1n) is 4.96. The molecule has 0 fully saturated rings. The van der Waals surface area contributed by atoms with Gasteiger partial charge in [0.05, 0.1) is 0 Å². The van der Waals surface area contributed by atoms with Gasteiger partial charge in [-0.25, -0.2) is 0 Å². The summed E-state index contributed by atoms with van der Waals surface area (Å²) in [6.07, 6.45) is -5.28. The SMILES string of the molecule is Cc1[nH]nc(N)c1C(=O)NCCCC(F)(F)F. The van der Waals surface area contributed by atoms with E-state index in [9.17, 15) is 18.0 Å². The largest absolute Gasteiger partial charge is 0.389 e. The molecule has 17 heavy (non-hydrogen) atoms. The number of anilines is 1. The van der Waals surface area contributed by atoms with Crippen molar-refractivity contribution in [3.8, 4) is 0 Å². The van der Waals surface area contributed by atoms with E-state index >= 15 is 0 Å². The first-order chi connectivity index (χ1) is 7.81. The number of aromatic amines is 1. The summed E-state index contributed by atoms with van der Waals surface area (Å²) in [6, 6.07) is 0. The number of H-pyrrole nitrogens is 1. The zero-order valence-corrected chi connectivity index (χ0v) is 9.19. The van der Waals surface area contributed by atoms with Gasteiger partial charge in [0.15, 0.2) is 5.82 Å². The molecule has 0 aliphatic carbocycles. The smallest absolute Gasteiger partial charge is 0.382 e. The molecule has 0 saturated heterocycles. The van der Waals surface area contributed by atoms with Crippen LogP contribution < -0.4 is 11.1 Å². The van der Waals surface area contributed by atoms with E-state index in [0.717, 1.165) is 0 Å². The molecular formula is C9H13F3N4O. The Kier molecular flexibility index (Phi) is 3.97. The Morgan fingerprint density at radius 3 is 2.65 bits per heavy atom. The molecule has 0 aliphatic heterocycles. The molecule has 0 spiro atoms. The predicted octanol–water partition coefficient (Wildman–Crippen LogP) is 1.37. The Hall–Kier alpha value is -1.73. The maximum Gasteiger partial charge on any atom is 0.389 e. The van der Waals surface area contributed by atoms with Gasteiger partial charge in [-0.2, -0.15) is 18.3 Å². The molecule has 1 aromatic rings. The summed E-state index contributed by atoms with van der Waals surface area (Å²) in [6.45, 7) is 1.55. The summed E-state index contributed by atoms with van der Waals surface area (Å²) in [5, 5.41) is 8.49. The molecule has 0 aliphatic rings. The maximum atomic E-state index is 11.8. The van der Waals surface area contributed by atoms with E-state index in [4.69, 9.17) is 5.73 Å². The van der Waals surface area contributed by atoms with Crippen LogP contribution in [-0.2, 0) is 0 Å². The number of alkyl halides is 3. The number of nitrogen functional groups attached to an aromatic ring is 1. The predicted molar refractivity (Wildman–Crippen MR) is 55.4 cm³/mol. The van der Waals surface area contributed by atoms with Crippen LogP contribution in [0.3, 0.4) is 0 Å². The molecule has 4 N–H and O–H groups in total. The third-order valence-electron chi connectivity index (χ3n) is 2.12. The number of hydrogen-bond acceptors (Lipinski definition) is 3. The van der Waals surface area contributed by atoms with E-state index in [2.05, 4.69) is 15.5 Å². The summed E-state index contributed by atoms with van der Waals surface area (Å²) in [4.78, 5) is 11.5. The van der Waals surface area contributed by atoms with Gasteiger partial charge in [-0.3, -0.25) is 9.89 Å². The topological polar surface area (TPSA) is 83.8 Å². The molecule has 0 bridgehead atoms. The number of aromatic nitrogens is 2. The van der Waals surface area contributed by atoms with Crippen LogP contribution in [0.15, 0.2) is 0 Å². The average Bonchev–Trinajstić information content (AvgIpc) is 2.52. The number of carbonyl (C=O) groups excluding carboxylic acids is 1. The summed E-state index contributed by atoms with van der Waals surface area (Å²) >= 11 is 0. The summed E-state index contributed by atoms with van der Waals surface area (Å²) in [7, 11) is 0. The number of hydrogen-bond donors (Lipinski definition) is 3.